The standard InChI is InChI=1S/C23H24O2/c1-17(24)5-3-2-4-6-18-7-8-22-16-21(10-9-20(22)15-18)19-11-13-23(25)14-12-19/h4,6-17,24-25H,2-3,5H2,1H3. The maximum absolute atomic E-state index is 9.42. The lowest BCUT2D eigenvalue weighted by molar-refractivity contribution is 0.182. The van der Waals surface area contributed by atoms with E-state index in [0.717, 1.165) is 30.4 Å². The summed E-state index contributed by atoms with van der Waals surface area (Å²) < 4.78 is 0. The van der Waals surface area contributed by atoms with Crippen LogP contribution < -0.4 is 0 Å². The van der Waals surface area contributed by atoms with Gasteiger partial charge in [0, 0.05) is 0 Å². The average molecular weight is 332 g/mol. The molecule has 1 atom stereocenters. The van der Waals surface area contributed by atoms with Gasteiger partial charge in [-0.2, -0.15) is 0 Å². The molecule has 1 unspecified atom stereocenters. The van der Waals surface area contributed by atoms with Crippen LogP contribution in [0.25, 0.3) is 28.0 Å². The second kappa shape index (κ2) is 8.00. The molecule has 2 nitrogen and oxygen atoms in total. The summed E-state index contributed by atoms with van der Waals surface area (Å²) in [6, 6.07) is 20.2. The Morgan fingerprint density at radius 1 is 0.880 bits per heavy atom. The van der Waals surface area contributed by atoms with Gasteiger partial charge in [0.2, 0.25) is 0 Å². The molecular formula is C23H24O2. The maximum Gasteiger partial charge on any atom is 0.115 e. The molecule has 2 heteroatoms. The summed E-state index contributed by atoms with van der Waals surface area (Å²) in [5, 5.41) is 21.1. The number of phenolic OH excluding ortho intramolecular Hbond substituents is 1. The Kier molecular flexibility index (Phi) is 5.52. The Morgan fingerprint density at radius 2 is 1.56 bits per heavy atom. The van der Waals surface area contributed by atoms with Crippen LogP contribution in [0.5, 0.6) is 5.75 Å². The van der Waals surface area contributed by atoms with E-state index >= 15 is 0 Å². The first-order chi connectivity index (χ1) is 12.1. The van der Waals surface area contributed by atoms with Crippen molar-refractivity contribution in [2.75, 3.05) is 0 Å². The van der Waals surface area contributed by atoms with E-state index in [9.17, 15) is 10.2 Å². The minimum Gasteiger partial charge on any atom is -0.508 e. The Hall–Kier alpha value is -2.58. The lowest BCUT2D eigenvalue weighted by Crippen LogP contribution is -1.97. The zero-order valence-corrected chi connectivity index (χ0v) is 14.5. The van der Waals surface area contributed by atoms with Gasteiger partial charge in [0.25, 0.3) is 0 Å². The molecule has 3 aromatic rings. The zero-order valence-electron chi connectivity index (χ0n) is 14.5. The summed E-state index contributed by atoms with van der Waals surface area (Å²) in [7, 11) is 0. The van der Waals surface area contributed by atoms with Gasteiger partial charge in [0.1, 0.15) is 5.75 Å². The molecule has 0 heterocycles. The summed E-state index contributed by atoms with van der Waals surface area (Å²) in [6.07, 6.45) is 6.96. The van der Waals surface area contributed by atoms with E-state index in [1.165, 1.54) is 16.3 Å². The van der Waals surface area contributed by atoms with Crippen LogP contribution in [-0.2, 0) is 0 Å². The van der Waals surface area contributed by atoms with Crippen molar-refractivity contribution in [3.63, 3.8) is 0 Å². The van der Waals surface area contributed by atoms with Crippen LogP contribution in [0, 0.1) is 0 Å². The number of allylic oxidation sites excluding steroid dienone is 1. The molecule has 0 aliphatic carbocycles. The third-order valence-corrected chi connectivity index (χ3v) is 4.37. The SMILES string of the molecule is CC(O)CCCC=Cc1ccc2cc(-c3ccc(O)cc3)ccc2c1. The second-order valence-corrected chi connectivity index (χ2v) is 6.55. The van der Waals surface area contributed by atoms with Crippen molar-refractivity contribution < 1.29 is 10.2 Å². The van der Waals surface area contributed by atoms with Gasteiger partial charge in [0.05, 0.1) is 6.10 Å². The molecule has 0 radical (unpaired) electrons. The molecule has 3 aromatic carbocycles. The quantitative estimate of drug-likeness (QED) is 0.562. The highest BCUT2D eigenvalue weighted by atomic mass is 16.3. The Labute approximate surface area is 149 Å². The topological polar surface area (TPSA) is 40.5 Å². The van der Waals surface area contributed by atoms with Crippen molar-refractivity contribution in [1.82, 2.24) is 0 Å². The molecule has 25 heavy (non-hydrogen) atoms. The van der Waals surface area contributed by atoms with Crippen molar-refractivity contribution >= 4 is 16.8 Å². The van der Waals surface area contributed by atoms with E-state index in [2.05, 4.69) is 48.6 Å². The maximum atomic E-state index is 9.42. The summed E-state index contributed by atoms with van der Waals surface area (Å²) in [5.41, 5.74) is 3.44. The smallest absolute Gasteiger partial charge is 0.115 e. The fourth-order valence-electron chi connectivity index (χ4n) is 2.95. The van der Waals surface area contributed by atoms with Crippen LogP contribution in [0.3, 0.4) is 0 Å². The van der Waals surface area contributed by atoms with Crippen molar-refractivity contribution in [1.29, 1.82) is 0 Å². The molecule has 3 rings (SSSR count). The van der Waals surface area contributed by atoms with Crippen molar-refractivity contribution in [3.05, 3.63) is 72.3 Å². The van der Waals surface area contributed by atoms with Crippen molar-refractivity contribution in [2.24, 2.45) is 0 Å². The van der Waals surface area contributed by atoms with Crippen molar-refractivity contribution in [3.8, 4) is 16.9 Å². The van der Waals surface area contributed by atoms with Gasteiger partial charge in [-0.15, -0.1) is 0 Å². The number of phenols is 1. The molecule has 0 bridgehead atoms. The van der Waals surface area contributed by atoms with E-state index in [4.69, 9.17) is 0 Å². The number of unbranched alkanes of at least 4 members (excludes halogenated alkanes) is 1. The van der Waals surface area contributed by atoms with Crippen LogP contribution in [0.4, 0.5) is 0 Å². The molecule has 0 fully saturated rings. The minimum atomic E-state index is -0.211. The third kappa shape index (κ3) is 4.71. The highest BCUT2D eigenvalue weighted by molar-refractivity contribution is 5.89. The lowest BCUT2D eigenvalue weighted by Gasteiger charge is -2.06. The van der Waals surface area contributed by atoms with Gasteiger partial charge in [-0.05, 0) is 77.9 Å². The van der Waals surface area contributed by atoms with Gasteiger partial charge < -0.3 is 10.2 Å². The molecular weight excluding hydrogens is 308 g/mol. The first kappa shape index (κ1) is 17.2. The fraction of sp³-hybridized carbons (Fsp3) is 0.217. The molecule has 0 spiro atoms. The van der Waals surface area contributed by atoms with Crippen LogP contribution in [0.1, 0.15) is 31.7 Å². The highest BCUT2D eigenvalue weighted by Crippen LogP contribution is 2.26. The molecule has 0 saturated carbocycles. The second-order valence-electron chi connectivity index (χ2n) is 6.55. The highest BCUT2D eigenvalue weighted by Gasteiger charge is 2.01. The van der Waals surface area contributed by atoms with Crippen LogP contribution in [-0.4, -0.2) is 16.3 Å². The van der Waals surface area contributed by atoms with E-state index in [-0.39, 0.29) is 11.9 Å². The van der Waals surface area contributed by atoms with Gasteiger partial charge >= 0.3 is 0 Å². The van der Waals surface area contributed by atoms with Gasteiger partial charge in [-0.1, -0.05) is 48.6 Å². The molecule has 0 aliphatic rings. The Bertz CT molecular complexity index is 861. The zero-order chi connectivity index (χ0) is 17.6. The van der Waals surface area contributed by atoms with E-state index in [0.29, 0.717) is 0 Å². The summed E-state index contributed by atoms with van der Waals surface area (Å²) in [6.45, 7) is 1.83. The molecule has 0 aromatic heterocycles. The normalized spacial score (nSPS) is 12.7. The molecule has 2 N–H and O–H groups in total. The van der Waals surface area contributed by atoms with Crippen LogP contribution >= 0.6 is 0 Å². The fourth-order valence-corrected chi connectivity index (χ4v) is 2.95. The van der Waals surface area contributed by atoms with Crippen molar-refractivity contribution in [2.45, 2.75) is 32.3 Å². The van der Waals surface area contributed by atoms with Crippen LogP contribution in [0.2, 0.25) is 0 Å². The summed E-state index contributed by atoms with van der Waals surface area (Å²) >= 11 is 0. The van der Waals surface area contributed by atoms with E-state index in [1.54, 1.807) is 12.1 Å². The summed E-state index contributed by atoms with van der Waals surface area (Å²) in [4.78, 5) is 0. The predicted molar refractivity (Wildman–Crippen MR) is 106 cm³/mol. The molecule has 128 valence electrons. The van der Waals surface area contributed by atoms with E-state index < -0.39 is 0 Å². The molecule has 0 saturated heterocycles. The number of hydrogen-bond donors (Lipinski definition) is 2. The number of aromatic hydroxyl groups is 1. The average Bonchev–Trinajstić information content (AvgIpc) is 2.61. The monoisotopic (exact) mass is 332 g/mol. The number of hydrogen-bond acceptors (Lipinski definition) is 2. The number of benzene rings is 3. The van der Waals surface area contributed by atoms with E-state index in [1.807, 2.05) is 19.1 Å². The van der Waals surface area contributed by atoms with Gasteiger partial charge in [-0.25, -0.2) is 0 Å². The first-order valence-corrected chi connectivity index (χ1v) is 8.80. The molecule has 0 aliphatic heterocycles. The third-order valence-electron chi connectivity index (χ3n) is 4.37. The van der Waals surface area contributed by atoms with Gasteiger partial charge in [-0.3, -0.25) is 0 Å². The molecule has 0 amide bonds. The number of aliphatic hydroxyl groups is 1. The number of rotatable bonds is 6. The largest absolute Gasteiger partial charge is 0.508 e. The lowest BCUT2D eigenvalue weighted by atomic mass is 9.99. The predicted octanol–water partition coefficient (Wildman–Crippen LogP) is 5.78. The minimum absolute atomic E-state index is 0.211. The Morgan fingerprint density at radius 3 is 2.32 bits per heavy atom. The Balaban J connectivity index is 1.74. The summed E-state index contributed by atoms with van der Waals surface area (Å²) in [5.74, 6) is 0.286. The number of fused-ring (bicyclic) bond motifs is 1. The van der Waals surface area contributed by atoms with Crippen LogP contribution in [0.15, 0.2) is 66.7 Å². The number of aliphatic hydroxyl groups excluding tert-OH is 1. The first-order valence-electron chi connectivity index (χ1n) is 8.80. The van der Waals surface area contributed by atoms with Gasteiger partial charge in [0.15, 0.2) is 0 Å².